The Morgan fingerprint density at radius 3 is 2.80 bits per heavy atom. The topological polar surface area (TPSA) is 91.1 Å². The lowest BCUT2D eigenvalue weighted by Gasteiger charge is -2.26. The van der Waals surface area contributed by atoms with Crippen molar-refractivity contribution < 1.29 is 9.90 Å². The third-order valence-electron chi connectivity index (χ3n) is 2.49. The number of carbonyl (C=O) groups is 1. The molecule has 84 valence electrons. The molecule has 1 heterocycles. The molecule has 0 aliphatic carbocycles. The lowest BCUT2D eigenvalue weighted by molar-refractivity contribution is 0.0843. The molecule has 5 heteroatoms. The standard InChI is InChI=1S/C10H17N3O2/c1-3-10(2,6-14)13-9(15)8-4-7(11)5-12-8/h4-5,12,14H,3,6,11H2,1-2H3,(H,13,15). The van der Waals surface area contributed by atoms with Gasteiger partial charge in [0.25, 0.3) is 5.91 Å². The molecule has 1 amide bonds. The zero-order valence-electron chi connectivity index (χ0n) is 9.00. The fourth-order valence-corrected chi connectivity index (χ4v) is 1.12. The zero-order chi connectivity index (χ0) is 11.5. The number of carbonyl (C=O) groups excluding carboxylic acids is 1. The number of hydrogen-bond donors (Lipinski definition) is 4. The minimum atomic E-state index is -0.586. The second kappa shape index (κ2) is 4.35. The molecule has 0 bridgehead atoms. The first-order chi connectivity index (χ1) is 7.00. The lowest BCUT2D eigenvalue weighted by atomic mass is 10.0. The Morgan fingerprint density at radius 2 is 2.40 bits per heavy atom. The first-order valence-corrected chi connectivity index (χ1v) is 4.88. The summed E-state index contributed by atoms with van der Waals surface area (Å²) in [7, 11) is 0. The van der Waals surface area contributed by atoms with Gasteiger partial charge in [-0.25, -0.2) is 0 Å². The summed E-state index contributed by atoms with van der Waals surface area (Å²) in [6.07, 6.45) is 2.21. The number of aliphatic hydroxyl groups excluding tert-OH is 1. The van der Waals surface area contributed by atoms with E-state index in [9.17, 15) is 4.79 Å². The average molecular weight is 211 g/mol. The highest BCUT2D eigenvalue weighted by molar-refractivity contribution is 5.93. The number of nitrogen functional groups attached to an aromatic ring is 1. The molecule has 0 fully saturated rings. The van der Waals surface area contributed by atoms with Gasteiger partial charge < -0.3 is 21.1 Å². The minimum absolute atomic E-state index is 0.0918. The summed E-state index contributed by atoms with van der Waals surface area (Å²) in [4.78, 5) is 14.4. The summed E-state index contributed by atoms with van der Waals surface area (Å²) in [5.74, 6) is -0.259. The van der Waals surface area contributed by atoms with Gasteiger partial charge in [0, 0.05) is 11.9 Å². The predicted molar refractivity (Wildman–Crippen MR) is 58.5 cm³/mol. The van der Waals surface area contributed by atoms with Crippen molar-refractivity contribution in [2.45, 2.75) is 25.8 Å². The van der Waals surface area contributed by atoms with Crippen LogP contribution in [0, 0.1) is 0 Å². The molecule has 1 rings (SSSR count). The number of nitrogens with two attached hydrogens (primary N) is 1. The van der Waals surface area contributed by atoms with Crippen LogP contribution in [0.4, 0.5) is 5.69 Å². The van der Waals surface area contributed by atoms with Crippen molar-refractivity contribution in [1.82, 2.24) is 10.3 Å². The summed E-state index contributed by atoms with van der Waals surface area (Å²) in [5.41, 5.74) is 5.82. The predicted octanol–water partition coefficient (Wildman–Crippen LogP) is 0.488. The number of aromatic amines is 1. The van der Waals surface area contributed by atoms with Crippen molar-refractivity contribution in [2.24, 2.45) is 0 Å². The third kappa shape index (κ3) is 2.73. The van der Waals surface area contributed by atoms with Crippen molar-refractivity contribution in [3.05, 3.63) is 18.0 Å². The van der Waals surface area contributed by atoms with Gasteiger partial charge in [-0.05, 0) is 19.4 Å². The Hall–Kier alpha value is -1.49. The van der Waals surface area contributed by atoms with Crippen LogP contribution in [0.2, 0.25) is 0 Å². The molecule has 5 nitrogen and oxygen atoms in total. The van der Waals surface area contributed by atoms with Crippen molar-refractivity contribution in [3.8, 4) is 0 Å². The molecule has 1 aromatic heterocycles. The van der Waals surface area contributed by atoms with Crippen molar-refractivity contribution in [2.75, 3.05) is 12.3 Å². The van der Waals surface area contributed by atoms with Crippen LogP contribution in [0.25, 0.3) is 0 Å². The van der Waals surface area contributed by atoms with Gasteiger partial charge in [-0.15, -0.1) is 0 Å². The van der Waals surface area contributed by atoms with Crippen LogP contribution in [-0.2, 0) is 0 Å². The first-order valence-electron chi connectivity index (χ1n) is 4.88. The highest BCUT2D eigenvalue weighted by Crippen LogP contribution is 2.10. The molecule has 0 aromatic carbocycles. The molecular weight excluding hydrogens is 194 g/mol. The largest absolute Gasteiger partial charge is 0.397 e. The van der Waals surface area contributed by atoms with E-state index < -0.39 is 5.54 Å². The van der Waals surface area contributed by atoms with Crippen LogP contribution in [0.3, 0.4) is 0 Å². The monoisotopic (exact) mass is 211 g/mol. The van der Waals surface area contributed by atoms with Gasteiger partial charge in [-0.2, -0.15) is 0 Å². The summed E-state index contributed by atoms with van der Waals surface area (Å²) in [5, 5.41) is 11.9. The third-order valence-corrected chi connectivity index (χ3v) is 2.49. The number of rotatable bonds is 4. The SMILES string of the molecule is CCC(C)(CO)NC(=O)c1cc(N)c[nH]1. The number of aliphatic hydroxyl groups is 1. The smallest absolute Gasteiger partial charge is 0.268 e. The van der Waals surface area contributed by atoms with Crippen LogP contribution in [0.1, 0.15) is 30.8 Å². The summed E-state index contributed by atoms with van der Waals surface area (Å²) in [6, 6.07) is 1.56. The molecule has 0 radical (unpaired) electrons. The van der Waals surface area contributed by atoms with Gasteiger partial charge in [0.05, 0.1) is 12.1 Å². The van der Waals surface area contributed by atoms with Gasteiger partial charge in [-0.3, -0.25) is 4.79 Å². The molecule has 1 unspecified atom stereocenters. The molecule has 0 saturated heterocycles. The number of anilines is 1. The van der Waals surface area contributed by atoms with E-state index in [0.29, 0.717) is 17.8 Å². The Balaban J connectivity index is 2.71. The van der Waals surface area contributed by atoms with E-state index in [4.69, 9.17) is 10.8 Å². The molecule has 5 N–H and O–H groups in total. The maximum absolute atomic E-state index is 11.7. The fraction of sp³-hybridized carbons (Fsp3) is 0.500. The number of amides is 1. The van der Waals surface area contributed by atoms with Crippen LogP contribution < -0.4 is 11.1 Å². The summed E-state index contributed by atoms with van der Waals surface area (Å²) < 4.78 is 0. The molecule has 0 spiro atoms. The van der Waals surface area contributed by atoms with E-state index in [2.05, 4.69) is 10.3 Å². The lowest BCUT2D eigenvalue weighted by Crippen LogP contribution is -2.48. The van der Waals surface area contributed by atoms with Gasteiger partial charge in [-0.1, -0.05) is 6.92 Å². The van der Waals surface area contributed by atoms with Gasteiger partial charge >= 0.3 is 0 Å². The van der Waals surface area contributed by atoms with E-state index in [1.165, 1.54) is 0 Å². The highest BCUT2D eigenvalue weighted by atomic mass is 16.3. The zero-order valence-corrected chi connectivity index (χ0v) is 9.00. The number of aromatic nitrogens is 1. The van der Waals surface area contributed by atoms with E-state index in [1.807, 2.05) is 6.92 Å². The van der Waals surface area contributed by atoms with Crippen molar-refractivity contribution in [3.63, 3.8) is 0 Å². The molecule has 0 aliphatic rings. The quantitative estimate of drug-likeness (QED) is 0.584. The summed E-state index contributed by atoms with van der Waals surface area (Å²) in [6.45, 7) is 3.60. The molecular formula is C10H17N3O2. The van der Waals surface area contributed by atoms with Crippen LogP contribution in [-0.4, -0.2) is 28.1 Å². The number of H-pyrrole nitrogens is 1. The Labute approximate surface area is 88.7 Å². The average Bonchev–Trinajstić information content (AvgIpc) is 2.65. The molecule has 0 saturated carbocycles. The second-order valence-corrected chi connectivity index (χ2v) is 3.87. The Morgan fingerprint density at radius 1 is 1.73 bits per heavy atom. The number of hydrogen-bond acceptors (Lipinski definition) is 3. The maximum atomic E-state index is 11.7. The van der Waals surface area contributed by atoms with Crippen molar-refractivity contribution >= 4 is 11.6 Å². The van der Waals surface area contributed by atoms with Crippen LogP contribution in [0.5, 0.6) is 0 Å². The van der Waals surface area contributed by atoms with Crippen LogP contribution in [0.15, 0.2) is 12.3 Å². The van der Waals surface area contributed by atoms with Gasteiger partial charge in [0.15, 0.2) is 0 Å². The maximum Gasteiger partial charge on any atom is 0.268 e. The highest BCUT2D eigenvalue weighted by Gasteiger charge is 2.24. The fourth-order valence-electron chi connectivity index (χ4n) is 1.12. The normalized spacial score (nSPS) is 14.6. The molecule has 0 aliphatic heterocycles. The van der Waals surface area contributed by atoms with Crippen LogP contribution >= 0.6 is 0 Å². The van der Waals surface area contributed by atoms with E-state index in [0.717, 1.165) is 0 Å². The van der Waals surface area contributed by atoms with Gasteiger partial charge in [0.1, 0.15) is 5.69 Å². The second-order valence-electron chi connectivity index (χ2n) is 3.87. The molecule has 1 atom stereocenters. The van der Waals surface area contributed by atoms with Crippen molar-refractivity contribution in [1.29, 1.82) is 0 Å². The van der Waals surface area contributed by atoms with Gasteiger partial charge in [0.2, 0.25) is 0 Å². The number of nitrogens with one attached hydrogen (secondary N) is 2. The minimum Gasteiger partial charge on any atom is -0.397 e. The molecule has 15 heavy (non-hydrogen) atoms. The summed E-state index contributed by atoms with van der Waals surface area (Å²) >= 11 is 0. The van der Waals surface area contributed by atoms with E-state index in [1.54, 1.807) is 19.2 Å². The Kier molecular flexibility index (Phi) is 3.36. The molecule has 1 aromatic rings. The van der Waals surface area contributed by atoms with E-state index in [-0.39, 0.29) is 12.5 Å². The van der Waals surface area contributed by atoms with E-state index >= 15 is 0 Å². The Bertz CT molecular complexity index is 342. The first kappa shape index (κ1) is 11.6.